The lowest BCUT2D eigenvalue weighted by atomic mass is 10.1. The summed E-state index contributed by atoms with van der Waals surface area (Å²) in [6, 6.07) is 14.3. The van der Waals surface area contributed by atoms with Crippen molar-refractivity contribution < 1.29 is 14.9 Å². The Morgan fingerprint density at radius 1 is 0.941 bits per heavy atom. The molecule has 1 atom stereocenters. The van der Waals surface area contributed by atoms with Crippen LogP contribution in [-0.2, 0) is 0 Å². The van der Waals surface area contributed by atoms with Crippen LogP contribution in [0.5, 0.6) is 11.5 Å². The number of nitrogens with zero attached hydrogens (tertiary/aromatic N) is 1. The largest absolute Gasteiger partial charge is 0.504 e. The molecule has 2 aromatic rings. The molecule has 0 aliphatic carbocycles. The zero-order valence-electron chi connectivity index (χ0n) is 8.95. The van der Waals surface area contributed by atoms with Crippen LogP contribution in [0.25, 0.3) is 0 Å². The van der Waals surface area contributed by atoms with Gasteiger partial charge in [-0.25, -0.2) is 0 Å². The van der Waals surface area contributed by atoms with Gasteiger partial charge in [-0.15, -0.1) is 0 Å². The Morgan fingerprint density at radius 2 is 1.59 bits per heavy atom. The Kier molecular flexibility index (Phi) is 2.16. The maximum absolute atomic E-state index is 9.93. The van der Waals surface area contributed by atoms with E-state index in [2.05, 4.69) is 0 Å². The van der Waals surface area contributed by atoms with Crippen LogP contribution in [0.15, 0.2) is 48.5 Å². The van der Waals surface area contributed by atoms with E-state index < -0.39 is 6.41 Å². The first-order valence-corrected chi connectivity index (χ1v) is 5.28. The van der Waals surface area contributed by atoms with Gasteiger partial charge in [0.05, 0.1) is 11.4 Å². The van der Waals surface area contributed by atoms with Gasteiger partial charge in [0.1, 0.15) is 5.75 Å². The van der Waals surface area contributed by atoms with Gasteiger partial charge in [-0.05, 0) is 24.3 Å². The van der Waals surface area contributed by atoms with Gasteiger partial charge in [0, 0.05) is 0 Å². The van der Waals surface area contributed by atoms with E-state index >= 15 is 0 Å². The van der Waals surface area contributed by atoms with Gasteiger partial charge >= 0.3 is 0 Å². The highest BCUT2D eigenvalue weighted by Crippen LogP contribution is 2.51. The monoisotopic (exact) mass is 229 g/mol. The van der Waals surface area contributed by atoms with Crippen LogP contribution < -0.4 is 9.64 Å². The van der Waals surface area contributed by atoms with Crippen LogP contribution in [0.4, 0.5) is 11.4 Å². The summed E-state index contributed by atoms with van der Waals surface area (Å²) in [4.78, 5) is 1.53. The highest BCUT2D eigenvalue weighted by Gasteiger charge is 2.34. The van der Waals surface area contributed by atoms with Crippen molar-refractivity contribution in [2.24, 2.45) is 0 Å². The first-order valence-electron chi connectivity index (χ1n) is 5.28. The summed E-state index contributed by atoms with van der Waals surface area (Å²) in [6.45, 7) is 0. The van der Waals surface area contributed by atoms with Gasteiger partial charge in [0.25, 0.3) is 6.41 Å². The number of anilines is 2. The van der Waals surface area contributed by atoms with Crippen molar-refractivity contribution >= 4 is 11.4 Å². The molecular weight excluding hydrogens is 218 g/mol. The normalized spacial score (nSPS) is 14.1. The van der Waals surface area contributed by atoms with Gasteiger partial charge in [-0.2, -0.15) is 0 Å². The topological polar surface area (TPSA) is 52.9 Å². The molecule has 0 saturated carbocycles. The Hall–Kier alpha value is -2.20. The zero-order valence-corrected chi connectivity index (χ0v) is 8.95. The van der Waals surface area contributed by atoms with E-state index in [1.807, 2.05) is 24.3 Å². The predicted octanol–water partition coefficient (Wildman–Crippen LogP) is 2.20. The van der Waals surface area contributed by atoms with Crippen molar-refractivity contribution in [1.29, 1.82) is 0 Å². The van der Waals surface area contributed by atoms with E-state index in [1.165, 1.54) is 4.90 Å². The molecule has 0 fully saturated rings. The van der Waals surface area contributed by atoms with Crippen LogP contribution >= 0.6 is 0 Å². The average Bonchev–Trinajstić information content (AvgIpc) is 2.38. The number of aliphatic hydroxyl groups excluding tert-OH is 1. The maximum Gasteiger partial charge on any atom is 0.286 e. The average molecular weight is 229 g/mol. The number of hydrogen-bond donors (Lipinski definition) is 2. The number of rotatable bonds is 3. The third kappa shape index (κ3) is 1.50. The number of aromatic hydroxyl groups is 1. The molecule has 0 aromatic heterocycles. The number of fused-ring (bicyclic) bond motifs is 2. The van der Waals surface area contributed by atoms with Crippen molar-refractivity contribution in [3.8, 4) is 11.5 Å². The molecule has 2 aromatic carbocycles. The van der Waals surface area contributed by atoms with Gasteiger partial charge in [0.2, 0.25) is 0 Å². The standard InChI is InChI=1S/C13H11NO3/c15-12-10-7-4-8-11(12)14(10)13(16)17-9-5-2-1-3-6-9/h1-8,13,15-16H. The molecule has 2 bridgehead atoms. The number of phenolic OH excluding ortho intramolecular Hbond substituents is 1. The number of ether oxygens (including phenoxy) is 1. The summed E-state index contributed by atoms with van der Waals surface area (Å²) >= 11 is 0. The fraction of sp³-hybridized carbons (Fsp3) is 0.0769. The lowest BCUT2D eigenvalue weighted by molar-refractivity contribution is -0.0129. The Labute approximate surface area is 98.3 Å². The molecule has 4 heteroatoms. The molecule has 3 rings (SSSR count). The molecule has 86 valence electrons. The second-order valence-corrected chi connectivity index (χ2v) is 3.77. The van der Waals surface area contributed by atoms with Crippen molar-refractivity contribution in [2.45, 2.75) is 6.41 Å². The summed E-state index contributed by atoms with van der Waals surface area (Å²) in [6.07, 6.45) is -1.13. The van der Waals surface area contributed by atoms with Gasteiger partial charge in [-0.1, -0.05) is 24.3 Å². The molecule has 0 radical (unpaired) electrons. The summed E-state index contributed by atoms with van der Waals surface area (Å²) in [5, 5.41) is 19.5. The van der Waals surface area contributed by atoms with Crippen molar-refractivity contribution in [3.05, 3.63) is 48.5 Å². The van der Waals surface area contributed by atoms with E-state index in [-0.39, 0.29) is 5.75 Å². The highest BCUT2D eigenvalue weighted by molar-refractivity contribution is 5.88. The Bertz CT molecular complexity index is 519. The highest BCUT2D eigenvalue weighted by atomic mass is 16.6. The molecule has 1 heterocycles. The summed E-state index contributed by atoms with van der Waals surface area (Å²) in [5.74, 6) is 0.776. The van der Waals surface area contributed by atoms with E-state index in [0.29, 0.717) is 17.1 Å². The number of benzene rings is 2. The molecule has 1 aliphatic heterocycles. The fourth-order valence-corrected chi connectivity index (χ4v) is 1.90. The second-order valence-electron chi connectivity index (χ2n) is 3.77. The van der Waals surface area contributed by atoms with Crippen LogP contribution in [0, 0.1) is 0 Å². The van der Waals surface area contributed by atoms with E-state index in [1.54, 1.807) is 24.3 Å². The SMILES string of the molecule is Oc1c2cccc1N2C(O)Oc1ccccc1. The minimum atomic E-state index is -1.13. The van der Waals surface area contributed by atoms with E-state index in [0.717, 1.165) is 0 Å². The van der Waals surface area contributed by atoms with Crippen LogP contribution in [-0.4, -0.2) is 16.6 Å². The molecule has 0 amide bonds. The minimum Gasteiger partial charge on any atom is -0.504 e. The van der Waals surface area contributed by atoms with Gasteiger partial charge < -0.3 is 14.9 Å². The van der Waals surface area contributed by atoms with Crippen molar-refractivity contribution in [2.75, 3.05) is 4.90 Å². The van der Waals surface area contributed by atoms with Crippen LogP contribution in [0.3, 0.4) is 0 Å². The van der Waals surface area contributed by atoms with Crippen LogP contribution in [0.1, 0.15) is 0 Å². The van der Waals surface area contributed by atoms with Crippen LogP contribution in [0.2, 0.25) is 0 Å². The number of phenols is 1. The third-order valence-electron chi connectivity index (χ3n) is 2.72. The molecule has 0 saturated heterocycles. The summed E-state index contributed by atoms with van der Waals surface area (Å²) in [7, 11) is 0. The Balaban J connectivity index is 1.77. The molecule has 0 spiro atoms. The fourth-order valence-electron chi connectivity index (χ4n) is 1.90. The lowest BCUT2D eigenvalue weighted by Crippen LogP contribution is -2.39. The Morgan fingerprint density at radius 3 is 2.18 bits per heavy atom. The van der Waals surface area contributed by atoms with E-state index in [4.69, 9.17) is 4.74 Å². The maximum atomic E-state index is 9.93. The summed E-state index contributed by atoms with van der Waals surface area (Å²) in [5.41, 5.74) is 1.15. The molecule has 1 unspecified atom stereocenters. The number of para-hydroxylation sites is 2. The first-order chi connectivity index (χ1) is 8.27. The molecule has 2 N–H and O–H groups in total. The quantitative estimate of drug-likeness (QED) is 0.792. The smallest absolute Gasteiger partial charge is 0.286 e. The van der Waals surface area contributed by atoms with Gasteiger partial charge in [-0.3, -0.25) is 4.90 Å². The van der Waals surface area contributed by atoms with Crippen molar-refractivity contribution in [3.63, 3.8) is 0 Å². The summed E-state index contributed by atoms with van der Waals surface area (Å²) < 4.78 is 5.36. The molecular formula is C13H11NO3. The third-order valence-corrected chi connectivity index (χ3v) is 2.72. The molecule has 1 aliphatic rings. The lowest BCUT2D eigenvalue weighted by Gasteiger charge is -2.37. The number of aliphatic hydroxyl groups is 1. The zero-order chi connectivity index (χ0) is 11.8. The molecule has 4 nitrogen and oxygen atoms in total. The first kappa shape index (κ1) is 9.99. The van der Waals surface area contributed by atoms with Gasteiger partial charge in [0.15, 0.2) is 5.75 Å². The van der Waals surface area contributed by atoms with Crippen molar-refractivity contribution in [1.82, 2.24) is 0 Å². The minimum absolute atomic E-state index is 0.197. The predicted molar refractivity (Wildman–Crippen MR) is 63.3 cm³/mol. The molecule has 17 heavy (non-hydrogen) atoms. The second kappa shape index (κ2) is 3.68. The van der Waals surface area contributed by atoms with E-state index in [9.17, 15) is 10.2 Å². The number of hydrogen-bond acceptors (Lipinski definition) is 4.